The van der Waals surface area contributed by atoms with E-state index < -0.39 is 6.10 Å². The molecule has 0 aliphatic carbocycles. The molecule has 1 heterocycles. The standard InChI is InChI=1S/C12H9Br2FOS/c1-6-8(13)5-11(17-6)12(16)7-2-3-10(15)9(14)4-7/h2-5,12,16H,1H3. The van der Waals surface area contributed by atoms with Crippen molar-refractivity contribution >= 4 is 43.2 Å². The average Bonchev–Trinajstić information content (AvgIpc) is 2.62. The van der Waals surface area contributed by atoms with Crippen molar-refractivity contribution in [1.29, 1.82) is 0 Å². The highest BCUT2D eigenvalue weighted by atomic mass is 79.9. The number of hydrogen-bond acceptors (Lipinski definition) is 2. The van der Waals surface area contributed by atoms with E-state index >= 15 is 0 Å². The summed E-state index contributed by atoms with van der Waals surface area (Å²) < 4.78 is 14.4. The van der Waals surface area contributed by atoms with Gasteiger partial charge < -0.3 is 5.11 Å². The molecule has 2 aromatic rings. The van der Waals surface area contributed by atoms with Crippen molar-refractivity contribution < 1.29 is 9.50 Å². The Balaban J connectivity index is 2.36. The minimum atomic E-state index is -0.720. The lowest BCUT2D eigenvalue weighted by atomic mass is 10.1. The van der Waals surface area contributed by atoms with Crippen molar-refractivity contribution in [2.45, 2.75) is 13.0 Å². The summed E-state index contributed by atoms with van der Waals surface area (Å²) in [4.78, 5) is 1.95. The van der Waals surface area contributed by atoms with E-state index in [0.717, 1.165) is 14.2 Å². The Bertz CT molecular complexity index is 534. The molecular weight excluding hydrogens is 371 g/mol. The molecule has 0 aliphatic heterocycles. The quantitative estimate of drug-likeness (QED) is 0.794. The van der Waals surface area contributed by atoms with Crippen LogP contribution in [0.15, 0.2) is 33.2 Å². The SMILES string of the molecule is Cc1sc(C(O)c2ccc(F)c(Br)c2)cc1Br. The number of halogens is 3. The fraction of sp³-hybridized carbons (Fsp3) is 0.167. The van der Waals surface area contributed by atoms with Gasteiger partial charge in [0.15, 0.2) is 0 Å². The molecule has 0 fully saturated rings. The topological polar surface area (TPSA) is 20.2 Å². The van der Waals surface area contributed by atoms with Crippen LogP contribution in [0, 0.1) is 12.7 Å². The van der Waals surface area contributed by atoms with Crippen LogP contribution in [0.5, 0.6) is 0 Å². The summed E-state index contributed by atoms with van der Waals surface area (Å²) in [6.45, 7) is 1.98. The Morgan fingerprint density at radius 1 is 1.24 bits per heavy atom. The second kappa shape index (κ2) is 5.18. The maximum atomic E-state index is 13.1. The van der Waals surface area contributed by atoms with E-state index in [1.807, 2.05) is 13.0 Å². The van der Waals surface area contributed by atoms with E-state index in [9.17, 15) is 9.50 Å². The molecule has 90 valence electrons. The summed E-state index contributed by atoms with van der Waals surface area (Å²) in [5.74, 6) is -0.329. The number of thiophene rings is 1. The Morgan fingerprint density at radius 2 is 1.94 bits per heavy atom. The van der Waals surface area contributed by atoms with E-state index in [-0.39, 0.29) is 5.82 Å². The maximum Gasteiger partial charge on any atom is 0.137 e. The largest absolute Gasteiger partial charge is 0.383 e. The second-order valence-electron chi connectivity index (χ2n) is 3.63. The van der Waals surface area contributed by atoms with Crippen molar-refractivity contribution in [3.05, 3.63) is 54.3 Å². The lowest BCUT2D eigenvalue weighted by Crippen LogP contribution is -1.97. The molecule has 0 amide bonds. The Hall–Kier alpha value is -0.230. The minimum Gasteiger partial charge on any atom is -0.383 e. The molecule has 17 heavy (non-hydrogen) atoms. The van der Waals surface area contributed by atoms with Crippen molar-refractivity contribution in [1.82, 2.24) is 0 Å². The molecule has 1 nitrogen and oxygen atoms in total. The maximum absolute atomic E-state index is 13.1. The number of aliphatic hydroxyl groups is 1. The molecule has 1 aromatic carbocycles. The van der Waals surface area contributed by atoms with Gasteiger partial charge in [-0.05, 0) is 62.5 Å². The highest BCUT2D eigenvalue weighted by Crippen LogP contribution is 2.34. The fourth-order valence-electron chi connectivity index (χ4n) is 1.46. The minimum absolute atomic E-state index is 0.329. The molecule has 1 N–H and O–H groups in total. The average molecular weight is 380 g/mol. The number of hydrogen-bond donors (Lipinski definition) is 1. The van der Waals surface area contributed by atoms with Gasteiger partial charge in [0.1, 0.15) is 11.9 Å². The van der Waals surface area contributed by atoms with Crippen LogP contribution in [0.1, 0.15) is 21.4 Å². The van der Waals surface area contributed by atoms with Crippen molar-refractivity contribution in [2.24, 2.45) is 0 Å². The molecule has 0 saturated carbocycles. The fourth-order valence-corrected chi connectivity index (χ4v) is 3.43. The highest BCUT2D eigenvalue weighted by Gasteiger charge is 2.15. The summed E-state index contributed by atoms with van der Waals surface area (Å²) >= 11 is 8.05. The van der Waals surface area contributed by atoms with Gasteiger partial charge in [0.05, 0.1) is 4.47 Å². The van der Waals surface area contributed by atoms with Gasteiger partial charge in [-0.1, -0.05) is 6.07 Å². The van der Waals surface area contributed by atoms with E-state index in [2.05, 4.69) is 31.9 Å². The van der Waals surface area contributed by atoms with Gasteiger partial charge >= 0.3 is 0 Å². The summed E-state index contributed by atoms with van der Waals surface area (Å²) in [6.07, 6.45) is -0.720. The van der Waals surface area contributed by atoms with Crippen LogP contribution in [0.3, 0.4) is 0 Å². The monoisotopic (exact) mass is 378 g/mol. The van der Waals surface area contributed by atoms with Crippen molar-refractivity contribution in [3.8, 4) is 0 Å². The molecule has 0 bridgehead atoms. The zero-order valence-electron chi connectivity index (χ0n) is 8.88. The first-order chi connectivity index (χ1) is 7.99. The third-order valence-corrected chi connectivity index (χ3v) is 5.20. The third-order valence-electron chi connectivity index (χ3n) is 2.41. The van der Waals surface area contributed by atoms with Crippen LogP contribution < -0.4 is 0 Å². The Labute approximate surface area is 120 Å². The zero-order chi connectivity index (χ0) is 12.6. The highest BCUT2D eigenvalue weighted by molar-refractivity contribution is 9.10. The zero-order valence-corrected chi connectivity index (χ0v) is 12.9. The molecule has 1 aromatic heterocycles. The molecule has 1 atom stereocenters. The first kappa shape index (κ1) is 13.2. The van der Waals surface area contributed by atoms with Gasteiger partial charge in [-0.2, -0.15) is 0 Å². The van der Waals surface area contributed by atoms with Crippen LogP contribution in [0.2, 0.25) is 0 Å². The molecular formula is C12H9Br2FOS. The van der Waals surface area contributed by atoms with Gasteiger partial charge in [0.25, 0.3) is 0 Å². The third kappa shape index (κ3) is 2.78. The predicted octanol–water partition coefficient (Wildman–Crippen LogP) is 4.80. The number of rotatable bonds is 2. The summed E-state index contributed by atoms with van der Waals surface area (Å²) in [5.41, 5.74) is 0.673. The van der Waals surface area contributed by atoms with E-state index in [4.69, 9.17) is 0 Å². The first-order valence-corrected chi connectivity index (χ1v) is 7.28. The number of benzene rings is 1. The van der Waals surface area contributed by atoms with Gasteiger partial charge in [0.2, 0.25) is 0 Å². The van der Waals surface area contributed by atoms with E-state index in [0.29, 0.717) is 10.0 Å². The van der Waals surface area contributed by atoms with Gasteiger partial charge in [-0.25, -0.2) is 4.39 Å². The van der Waals surface area contributed by atoms with Gasteiger partial charge in [-0.15, -0.1) is 11.3 Å². The van der Waals surface area contributed by atoms with Crippen LogP contribution in [0.25, 0.3) is 0 Å². The summed E-state index contributed by atoms with van der Waals surface area (Å²) in [6, 6.07) is 6.43. The molecule has 0 spiro atoms. The summed E-state index contributed by atoms with van der Waals surface area (Å²) in [7, 11) is 0. The molecule has 0 radical (unpaired) electrons. The number of aryl methyl sites for hydroxylation is 1. The van der Waals surface area contributed by atoms with Crippen molar-refractivity contribution in [2.75, 3.05) is 0 Å². The first-order valence-electron chi connectivity index (χ1n) is 4.88. The lowest BCUT2D eigenvalue weighted by Gasteiger charge is -2.09. The predicted molar refractivity (Wildman–Crippen MR) is 74.9 cm³/mol. The van der Waals surface area contributed by atoms with Gasteiger partial charge in [0, 0.05) is 14.2 Å². The van der Waals surface area contributed by atoms with Crippen molar-refractivity contribution in [3.63, 3.8) is 0 Å². The lowest BCUT2D eigenvalue weighted by molar-refractivity contribution is 0.224. The molecule has 1 unspecified atom stereocenters. The Morgan fingerprint density at radius 3 is 2.47 bits per heavy atom. The molecule has 2 rings (SSSR count). The van der Waals surface area contributed by atoms with E-state index in [1.54, 1.807) is 12.1 Å². The number of aliphatic hydroxyl groups excluding tert-OH is 1. The van der Waals surface area contributed by atoms with Crippen LogP contribution in [-0.4, -0.2) is 5.11 Å². The van der Waals surface area contributed by atoms with Crippen LogP contribution >= 0.6 is 43.2 Å². The molecule has 5 heteroatoms. The van der Waals surface area contributed by atoms with E-state index in [1.165, 1.54) is 17.4 Å². The smallest absolute Gasteiger partial charge is 0.137 e. The van der Waals surface area contributed by atoms with Crippen LogP contribution in [-0.2, 0) is 0 Å². The summed E-state index contributed by atoms with van der Waals surface area (Å²) in [5, 5.41) is 10.2. The Kier molecular flexibility index (Phi) is 4.02. The molecule has 0 saturated heterocycles. The second-order valence-corrected chi connectivity index (χ2v) is 6.63. The van der Waals surface area contributed by atoms with Crippen LogP contribution in [0.4, 0.5) is 4.39 Å². The van der Waals surface area contributed by atoms with Gasteiger partial charge in [-0.3, -0.25) is 0 Å². The molecule has 0 aliphatic rings. The normalized spacial score (nSPS) is 12.8.